The average Bonchev–Trinajstić information content (AvgIpc) is 2.91. The summed E-state index contributed by atoms with van der Waals surface area (Å²) in [4.78, 5) is 26.9. The molecule has 7 nitrogen and oxygen atoms in total. The fraction of sp³-hybridized carbons (Fsp3) is 0.846. The Hall–Kier alpha value is -1.34. The molecular formula is C13H22N2O5. The number of aliphatic carboxylic acids is 1. The number of amides is 2. The fourth-order valence-electron chi connectivity index (χ4n) is 2.88. The third kappa shape index (κ3) is 3.04. The monoisotopic (exact) mass is 286 g/mol. The third-order valence-corrected chi connectivity index (χ3v) is 4.17. The van der Waals surface area contributed by atoms with Crippen LogP contribution in [-0.2, 0) is 14.3 Å². The summed E-state index contributed by atoms with van der Waals surface area (Å²) in [5.41, 5.74) is 0. The number of hydrogen-bond acceptors (Lipinski definition) is 4. The second-order valence-corrected chi connectivity index (χ2v) is 5.30. The van der Waals surface area contributed by atoms with Crippen LogP contribution in [0.1, 0.15) is 19.3 Å². The molecule has 0 saturated carbocycles. The molecule has 2 heterocycles. The number of likely N-dealkylation sites (tertiary alicyclic amines) is 2. The zero-order valence-electron chi connectivity index (χ0n) is 11.9. The van der Waals surface area contributed by atoms with Gasteiger partial charge in [-0.05, 0) is 12.8 Å². The third-order valence-electron chi connectivity index (χ3n) is 4.17. The first-order valence-electron chi connectivity index (χ1n) is 6.90. The molecule has 2 rings (SSSR count). The standard InChI is InChI=1S/C13H22N2O5/c1-19-9-3-5-14(6-4-9)13(18)15-8-10(20-2)7-11(15)12(16)17/h9-11H,3-8H2,1-2H3,(H,16,17). The lowest BCUT2D eigenvalue weighted by Gasteiger charge is -2.35. The number of piperidine rings is 1. The van der Waals surface area contributed by atoms with Gasteiger partial charge in [0.05, 0.1) is 12.2 Å². The first-order valence-corrected chi connectivity index (χ1v) is 6.90. The van der Waals surface area contributed by atoms with Crippen molar-refractivity contribution >= 4 is 12.0 Å². The van der Waals surface area contributed by atoms with Crippen LogP contribution >= 0.6 is 0 Å². The van der Waals surface area contributed by atoms with Gasteiger partial charge < -0.3 is 24.4 Å². The van der Waals surface area contributed by atoms with Gasteiger partial charge in [0.1, 0.15) is 6.04 Å². The van der Waals surface area contributed by atoms with E-state index in [1.807, 2.05) is 0 Å². The molecule has 0 radical (unpaired) electrons. The van der Waals surface area contributed by atoms with E-state index in [-0.39, 0.29) is 18.2 Å². The molecule has 0 aromatic carbocycles. The SMILES string of the molecule is COC1CCN(C(=O)N2CC(OC)CC2C(=O)O)CC1. The van der Waals surface area contributed by atoms with Crippen LogP contribution in [0.25, 0.3) is 0 Å². The predicted octanol–water partition coefficient (Wildman–Crippen LogP) is 0.391. The Morgan fingerprint density at radius 2 is 1.70 bits per heavy atom. The lowest BCUT2D eigenvalue weighted by molar-refractivity contribution is -0.141. The van der Waals surface area contributed by atoms with Crippen LogP contribution in [0, 0.1) is 0 Å². The van der Waals surface area contributed by atoms with E-state index in [1.165, 1.54) is 4.90 Å². The minimum absolute atomic E-state index is 0.194. The summed E-state index contributed by atoms with van der Waals surface area (Å²) in [5.74, 6) is -0.968. The molecule has 0 aliphatic carbocycles. The van der Waals surface area contributed by atoms with Gasteiger partial charge >= 0.3 is 12.0 Å². The van der Waals surface area contributed by atoms with Crippen molar-refractivity contribution in [1.82, 2.24) is 9.80 Å². The van der Waals surface area contributed by atoms with Gasteiger partial charge in [0.15, 0.2) is 0 Å². The summed E-state index contributed by atoms with van der Waals surface area (Å²) in [6, 6.07) is -0.987. The van der Waals surface area contributed by atoms with Gasteiger partial charge in [-0.1, -0.05) is 0 Å². The maximum absolute atomic E-state index is 12.5. The number of rotatable bonds is 3. The Balaban J connectivity index is 1.99. The van der Waals surface area contributed by atoms with Crippen molar-refractivity contribution < 1.29 is 24.2 Å². The highest BCUT2D eigenvalue weighted by Crippen LogP contribution is 2.23. The number of carbonyl (C=O) groups excluding carboxylic acids is 1. The zero-order valence-corrected chi connectivity index (χ0v) is 11.9. The highest BCUT2D eigenvalue weighted by molar-refractivity contribution is 5.83. The molecule has 20 heavy (non-hydrogen) atoms. The van der Waals surface area contributed by atoms with Crippen molar-refractivity contribution in [3.63, 3.8) is 0 Å². The topological polar surface area (TPSA) is 79.3 Å². The van der Waals surface area contributed by atoms with E-state index in [0.717, 1.165) is 12.8 Å². The van der Waals surface area contributed by atoms with E-state index in [9.17, 15) is 14.7 Å². The Kier molecular flexibility index (Phi) is 4.82. The Morgan fingerprint density at radius 1 is 1.10 bits per heavy atom. The molecule has 2 fully saturated rings. The van der Waals surface area contributed by atoms with Crippen molar-refractivity contribution in [2.45, 2.75) is 37.5 Å². The summed E-state index contributed by atoms with van der Waals surface area (Å²) < 4.78 is 10.5. The first-order chi connectivity index (χ1) is 9.56. The average molecular weight is 286 g/mol. The highest BCUT2D eigenvalue weighted by Gasteiger charge is 2.41. The smallest absolute Gasteiger partial charge is 0.326 e. The second kappa shape index (κ2) is 6.41. The molecule has 114 valence electrons. The van der Waals surface area contributed by atoms with Crippen LogP contribution in [0.2, 0.25) is 0 Å². The molecule has 0 spiro atoms. The van der Waals surface area contributed by atoms with Crippen molar-refractivity contribution in [1.29, 1.82) is 0 Å². The lowest BCUT2D eigenvalue weighted by atomic mass is 10.1. The summed E-state index contributed by atoms with van der Waals surface area (Å²) in [6.07, 6.45) is 1.94. The molecular weight excluding hydrogens is 264 g/mol. The van der Waals surface area contributed by atoms with E-state index in [2.05, 4.69) is 0 Å². The van der Waals surface area contributed by atoms with Gasteiger partial charge in [0, 0.05) is 40.3 Å². The van der Waals surface area contributed by atoms with Gasteiger partial charge in [0.2, 0.25) is 0 Å². The Bertz CT molecular complexity index is 368. The largest absolute Gasteiger partial charge is 0.480 e. The quantitative estimate of drug-likeness (QED) is 0.812. The molecule has 2 aliphatic rings. The van der Waals surface area contributed by atoms with Crippen molar-refractivity contribution in [3.8, 4) is 0 Å². The van der Waals surface area contributed by atoms with Crippen LogP contribution in [0.4, 0.5) is 4.79 Å². The zero-order chi connectivity index (χ0) is 14.7. The summed E-state index contributed by atoms with van der Waals surface area (Å²) in [5, 5.41) is 9.24. The number of carbonyl (C=O) groups is 2. The second-order valence-electron chi connectivity index (χ2n) is 5.30. The minimum atomic E-state index is -0.968. The Labute approximate surface area is 118 Å². The van der Waals surface area contributed by atoms with Gasteiger partial charge in [-0.25, -0.2) is 9.59 Å². The maximum Gasteiger partial charge on any atom is 0.326 e. The van der Waals surface area contributed by atoms with E-state index in [4.69, 9.17) is 9.47 Å². The number of nitrogens with zero attached hydrogens (tertiary/aromatic N) is 2. The Morgan fingerprint density at radius 3 is 2.20 bits per heavy atom. The van der Waals surface area contributed by atoms with Gasteiger partial charge in [-0.2, -0.15) is 0 Å². The maximum atomic E-state index is 12.5. The molecule has 7 heteroatoms. The van der Waals surface area contributed by atoms with Crippen LogP contribution in [0.15, 0.2) is 0 Å². The predicted molar refractivity (Wildman–Crippen MR) is 70.5 cm³/mol. The molecule has 0 aromatic rings. The molecule has 2 atom stereocenters. The molecule has 0 bridgehead atoms. The van der Waals surface area contributed by atoms with E-state index in [1.54, 1.807) is 19.1 Å². The normalized spacial score (nSPS) is 27.9. The van der Waals surface area contributed by atoms with E-state index >= 15 is 0 Å². The molecule has 2 aliphatic heterocycles. The highest BCUT2D eigenvalue weighted by atomic mass is 16.5. The lowest BCUT2D eigenvalue weighted by Crippen LogP contribution is -2.51. The van der Waals surface area contributed by atoms with Crippen LogP contribution < -0.4 is 0 Å². The minimum Gasteiger partial charge on any atom is -0.480 e. The number of hydrogen-bond donors (Lipinski definition) is 1. The van der Waals surface area contributed by atoms with Crippen molar-refractivity contribution in [2.75, 3.05) is 33.9 Å². The number of carboxylic acid groups (broad SMARTS) is 1. The molecule has 0 aromatic heterocycles. The molecule has 2 unspecified atom stereocenters. The van der Waals surface area contributed by atoms with Gasteiger partial charge in [0.25, 0.3) is 0 Å². The molecule has 1 N–H and O–H groups in total. The number of urea groups is 1. The summed E-state index contributed by atoms with van der Waals surface area (Å²) in [6.45, 7) is 1.56. The van der Waals surface area contributed by atoms with Gasteiger partial charge in [-0.15, -0.1) is 0 Å². The van der Waals surface area contributed by atoms with E-state index < -0.39 is 12.0 Å². The molecule has 2 amide bonds. The molecule has 2 saturated heterocycles. The number of methoxy groups -OCH3 is 2. The van der Waals surface area contributed by atoms with E-state index in [0.29, 0.717) is 26.1 Å². The first kappa shape index (κ1) is 15.1. The summed E-state index contributed by atoms with van der Waals surface area (Å²) >= 11 is 0. The number of carboxylic acids is 1. The fourth-order valence-corrected chi connectivity index (χ4v) is 2.88. The van der Waals surface area contributed by atoms with Crippen LogP contribution in [-0.4, -0.2) is 79.0 Å². The van der Waals surface area contributed by atoms with Crippen LogP contribution in [0.3, 0.4) is 0 Å². The van der Waals surface area contributed by atoms with Crippen molar-refractivity contribution in [3.05, 3.63) is 0 Å². The van der Waals surface area contributed by atoms with Crippen molar-refractivity contribution in [2.24, 2.45) is 0 Å². The van der Waals surface area contributed by atoms with Gasteiger partial charge in [-0.3, -0.25) is 0 Å². The summed E-state index contributed by atoms with van der Waals surface area (Å²) in [7, 11) is 3.22. The van der Waals surface area contributed by atoms with Crippen LogP contribution in [0.5, 0.6) is 0 Å². The number of ether oxygens (including phenoxy) is 2.